The number of carbonyl (C=O) groups excluding carboxylic acids is 1. The molecular formula is C43H78NO9P. The summed E-state index contributed by atoms with van der Waals surface area (Å²) in [5, 5.41) is 20.6. The Bertz CT molecular complexity index is 1050. The maximum atomic E-state index is 12.4. The number of hydrogen-bond donors (Lipinski definition) is 4. The Kier molecular flexibility index (Phi) is 37.7. The number of nitrogens with two attached hydrogens (primary N) is 1. The minimum atomic E-state index is -4.34. The van der Waals surface area contributed by atoms with Gasteiger partial charge in [0, 0.05) is 13.0 Å². The van der Waals surface area contributed by atoms with Crippen molar-refractivity contribution in [2.24, 2.45) is 5.73 Å². The molecule has 0 fully saturated rings. The van der Waals surface area contributed by atoms with Crippen molar-refractivity contribution in [1.82, 2.24) is 0 Å². The van der Waals surface area contributed by atoms with E-state index in [1.807, 2.05) is 18.2 Å². The third kappa shape index (κ3) is 36.9. The Balaban J connectivity index is 4.35. The zero-order valence-corrected chi connectivity index (χ0v) is 34.8. The van der Waals surface area contributed by atoms with Gasteiger partial charge in [0.05, 0.1) is 31.7 Å². The van der Waals surface area contributed by atoms with Crippen LogP contribution in [0, 0.1) is 0 Å². The quantitative estimate of drug-likeness (QED) is 0.0155. The topological polar surface area (TPSA) is 158 Å². The molecular weight excluding hydrogens is 705 g/mol. The highest BCUT2D eigenvalue weighted by molar-refractivity contribution is 7.47. The fourth-order valence-electron chi connectivity index (χ4n) is 5.48. The van der Waals surface area contributed by atoms with Gasteiger partial charge in [-0.05, 0) is 63.9 Å². The molecule has 11 heteroatoms. The van der Waals surface area contributed by atoms with Gasteiger partial charge in [-0.2, -0.15) is 0 Å². The number of aliphatic hydroxyl groups excluding tert-OH is 2. The molecule has 0 bridgehead atoms. The van der Waals surface area contributed by atoms with E-state index in [1.54, 1.807) is 0 Å². The maximum absolute atomic E-state index is 12.4. The molecule has 0 saturated carbocycles. The molecule has 314 valence electrons. The largest absolute Gasteiger partial charge is 0.492 e. The van der Waals surface area contributed by atoms with Crippen LogP contribution >= 0.6 is 7.82 Å². The summed E-state index contributed by atoms with van der Waals surface area (Å²) < 4.78 is 33.0. The Morgan fingerprint density at radius 2 is 1.20 bits per heavy atom. The molecule has 0 rings (SSSR count). The summed E-state index contributed by atoms with van der Waals surface area (Å²) in [5.41, 5.74) is 5.35. The second-order valence-electron chi connectivity index (χ2n) is 13.8. The number of esters is 1. The Morgan fingerprint density at radius 3 is 1.76 bits per heavy atom. The first kappa shape index (κ1) is 52.0. The molecule has 0 radical (unpaired) electrons. The molecule has 0 aliphatic rings. The maximum Gasteiger partial charge on any atom is 0.472 e. The number of carbonyl (C=O) groups is 1. The first-order chi connectivity index (χ1) is 26.3. The standard InChI is InChI=1S/C43H78NO9P/c1-3-5-7-9-11-13-15-17-18-19-20-22-24-26-28-30-36-50-40(39-53-54(48,49)52-37-35-44)38-51-43(47)34-31-33-42(46)41(45)32-29-27-25-23-21-16-14-12-10-8-6-4-2/h6,8,12,14,21,23,27,29-30,36,40-42,45-46H,3-5,7,9-11,13,15-20,22,24-26,28,31-35,37-39,44H2,1-2H3,(H,48,49)/b8-6-,14-12-,23-21-,29-27-,36-30+/t40-,41+,42+/m1/s1. The van der Waals surface area contributed by atoms with Crippen molar-refractivity contribution >= 4 is 13.8 Å². The second kappa shape index (κ2) is 39.2. The molecule has 0 heterocycles. The van der Waals surface area contributed by atoms with Crippen molar-refractivity contribution in [2.45, 2.75) is 180 Å². The number of allylic oxidation sites excluding steroid dienone is 8. The summed E-state index contributed by atoms with van der Waals surface area (Å²) >= 11 is 0. The van der Waals surface area contributed by atoms with Crippen LogP contribution in [0.4, 0.5) is 0 Å². The van der Waals surface area contributed by atoms with Gasteiger partial charge >= 0.3 is 13.8 Å². The van der Waals surface area contributed by atoms with Gasteiger partial charge in [-0.25, -0.2) is 4.57 Å². The average molecular weight is 784 g/mol. The van der Waals surface area contributed by atoms with Crippen molar-refractivity contribution in [1.29, 1.82) is 0 Å². The minimum absolute atomic E-state index is 0.0361. The van der Waals surface area contributed by atoms with E-state index in [-0.39, 0.29) is 39.2 Å². The summed E-state index contributed by atoms with van der Waals surface area (Å²) in [6.07, 6.45) is 40.8. The van der Waals surface area contributed by atoms with Crippen LogP contribution in [0.1, 0.15) is 162 Å². The Morgan fingerprint density at radius 1 is 0.667 bits per heavy atom. The minimum Gasteiger partial charge on any atom is -0.492 e. The smallest absolute Gasteiger partial charge is 0.472 e. The molecule has 0 spiro atoms. The summed E-state index contributed by atoms with van der Waals surface area (Å²) in [5.74, 6) is -0.512. The third-order valence-electron chi connectivity index (χ3n) is 8.74. The van der Waals surface area contributed by atoms with E-state index in [4.69, 9.17) is 24.3 Å². The summed E-state index contributed by atoms with van der Waals surface area (Å²) in [6.45, 7) is 3.76. The van der Waals surface area contributed by atoms with Crippen LogP contribution in [0.3, 0.4) is 0 Å². The molecule has 1 unspecified atom stereocenters. The average Bonchev–Trinajstić information content (AvgIpc) is 3.16. The van der Waals surface area contributed by atoms with Gasteiger partial charge in [-0.3, -0.25) is 13.8 Å². The van der Waals surface area contributed by atoms with Gasteiger partial charge in [-0.15, -0.1) is 0 Å². The molecule has 4 atom stereocenters. The molecule has 0 aliphatic heterocycles. The van der Waals surface area contributed by atoms with Crippen LogP contribution in [0.25, 0.3) is 0 Å². The van der Waals surface area contributed by atoms with E-state index in [0.29, 0.717) is 12.8 Å². The van der Waals surface area contributed by atoms with Gasteiger partial charge in [0.15, 0.2) is 6.10 Å². The lowest BCUT2D eigenvalue weighted by Gasteiger charge is -2.19. The third-order valence-corrected chi connectivity index (χ3v) is 9.72. The number of phosphoric ester groups is 1. The normalized spacial score (nSPS) is 15.2. The van der Waals surface area contributed by atoms with Crippen LogP contribution in [0.15, 0.2) is 60.9 Å². The Hall–Kier alpha value is -2.04. The number of rotatable bonds is 39. The first-order valence-corrected chi connectivity index (χ1v) is 22.5. The van der Waals surface area contributed by atoms with E-state index >= 15 is 0 Å². The molecule has 0 aromatic carbocycles. The lowest BCUT2D eigenvalue weighted by atomic mass is 10.0. The highest BCUT2D eigenvalue weighted by atomic mass is 31.2. The van der Waals surface area contributed by atoms with E-state index < -0.39 is 32.1 Å². The van der Waals surface area contributed by atoms with Gasteiger partial charge in [0.1, 0.15) is 6.61 Å². The van der Waals surface area contributed by atoms with Crippen LogP contribution in [0.2, 0.25) is 0 Å². The number of phosphoric acid groups is 1. The van der Waals surface area contributed by atoms with Crippen molar-refractivity contribution in [2.75, 3.05) is 26.4 Å². The lowest BCUT2D eigenvalue weighted by Crippen LogP contribution is -2.27. The Labute approximate surface area is 329 Å². The molecule has 54 heavy (non-hydrogen) atoms. The van der Waals surface area contributed by atoms with Gasteiger partial charge in [0.25, 0.3) is 0 Å². The van der Waals surface area contributed by atoms with Crippen LogP contribution < -0.4 is 5.73 Å². The number of unbranched alkanes of at least 4 members (excludes halogenated alkanes) is 14. The highest BCUT2D eigenvalue weighted by Gasteiger charge is 2.24. The van der Waals surface area contributed by atoms with Crippen LogP contribution in [-0.4, -0.2) is 65.8 Å². The van der Waals surface area contributed by atoms with E-state index in [9.17, 15) is 24.5 Å². The molecule has 0 aromatic rings. The van der Waals surface area contributed by atoms with E-state index in [0.717, 1.165) is 44.9 Å². The SMILES string of the molecule is CC/C=C\C/C=C\C/C=C\C/C=C\C[C@H](O)[C@@H](O)CCCC(=O)OC[C@H](COP(=O)(O)OCCN)O/C=C/CCCCCCCCCCCCCCCC. The highest BCUT2D eigenvalue weighted by Crippen LogP contribution is 2.43. The molecule has 5 N–H and O–H groups in total. The van der Waals surface area contributed by atoms with Gasteiger partial charge < -0.3 is 30.3 Å². The zero-order valence-electron chi connectivity index (χ0n) is 33.9. The van der Waals surface area contributed by atoms with Crippen molar-refractivity contribution in [3.63, 3.8) is 0 Å². The van der Waals surface area contributed by atoms with Crippen molar-refractivity contribution in [3.05, 3.63) is 60.9 Å². The second-order valence-corrected chi connectivity index (χ2v) is 15.3. The first-order valence-electron chi connectivity index (χ1n) is 21.0. The van der Waals surface area contributed by atoms with Crippen molar-refractivity contribution in [3.8, 4) is 0 Å². The van der Waals surface area contributed by atoms with E-state index in [1.165, 1.54) is 83.3 Å². The van der Waals surface area contributed by atoms with Crippen molar-refractivity contribution < 1.29 is 43.0 Å². The summed E-state index contributed by atoms with van der Waals surface area (Å²) in [6, 6.07) is 0. The molecule has 0 saturated heterocycles. The van der Waals surface area contributed by atoms with Gasteiger partial charge in [-0.1, -0.05) is 146 Å². The molecule has 0 aliphatic carbocycles. The fourth-order valence-corrected chi connectivity index (χ4v) is 6.24. The van der Waals surface area contributed by atoms with Gasteiger partial charge in [0.2, 0.25) is 0 Å². The van der Waals surface area contributed by atoms with Crippen LogP contribution in [0.5, 0.6) is 0 Å². The predicted octanol–water partition coefficient (Wildman–Crippen LogP) is 10.5. The number of aliphatic hydroxyl groups is 2. The lowest BCUT2D eigenvalue weighted by molar-refractivity contribution is -0.147. The summed E-state index contributed by atoms with van der Waals surface area (Å²) in [7, 11) is -4.34. The molecule has 0 amide bonds. The number of hydrogen-bond acceptors (Lipinski definition) is 9. The summed E-state index contributed by atoms with van der Waals surface area (Å²) in [4.78, 5) is 22.3. The predicted molar refractivity (Wildman–Crippen MR) is 222 cm³/mol. The zero-order chi connectivity index (χ0) is 39.8. The molecule has 0 aromatic heterocycles. The van der Waals surface area contributed by atoms with Crippen LogP contribution in [-0.2, 0) is 27.9 Å². The number of ether oxygens (including phenoxy) is 2. The molecule has 10 nitrogen and oxygen atoms in total. The fraction of sp³-hybridized carbons (Fsp3) is 0.744. The monoisotopic (exact) mass is 784 g/mol. The van der Waals surface area contributed by atoms with E-state index in [2.05, 4.69) is 50.3 Å².